The van der Waals surface area contributed by atoms with Crippen molar-refractivity contribution in [2.24, 2.45) is 0 Å². The summed E-state index contributed by atoms with van der Waals surface area (Å²) in [4.78, 5) is 7.77. The first-order chi connectivity index (χ1) is 8.42. The molecule has 2 heterocycles. The number of aromatic nitrogens is 2. The second-order valence-corrected chi connectivity index (χ2v) is 3.94. The molecule has 17 heavy (non-hydrogen) atoms. The van der Waals surface area contributed by atoms with E-state index in [0.717, 1.165) is 35.5 Å². The van der Waals surface area contributed by atoms with Crippen molar-refractivity contribution < 1.29 is 4.42 Å². The fourth-order valence-electron chi connectivity index (χ4n) is 1.81. The number of hydrogen-bond donors (Lipinski definition) is 2. The number of hydrogen-bond acceptors (Lipinski definition) is 3. The van der Waals surface area contributed by atoms with Crippen molar-refractivity contribution in [1.82, 2.24) is 15.3 Å². The van der Waals surface area contributed by atoms with Crippen LogP contribution in [0.5, 0.6) is 0 Å². The van der Waals surface area contributed by atoms with Crippen molar-refractivity contribution in [2.45, 2.75) is 13.1 Å². The molecule has 0 spiro atoms. The van der Waals surface area contributed by atoms with Crippen molar-refractivity contribution in [3.8, 4) is 0 Å². The van der Waals surface area contributed by atoms with Crippen LogP contribution in [0.4, 0.5) is 0 Å². The molecule has 0 fully saturated rings. The Hall–Kier alpha value is -2.07. The highest BCUT2D eigenvalue weighted by Crippen LogP contribution is 2.10. The van der Waals surface area contributed by atoms with Crippen LogP contribution >= 0.6 is 0 Å². The third kappa shape index (κ3) is 2.21. The molecular weight excluding hydrogens is 214 g/mol. The number of nitrogens with one attached hydrogen (secondary N) is 2. The molecule has 86 valence electrons. The molecule has 0 aliphatic rings. The molecule has 0 bridgehead atoms. The normalized spacial score (nSPS) is 11.1. The molecule has 4 heteroatoms. The van der Waals surface area contributed by atoms with E-state index in [1.54, 1.807) is 12.5 Å². The molecular formula is C13H13N3O. The summed E-state index contributed by atoms with van der Waals surface area (Å²) in [5.74, 6) is 0.953. The van der Waals surface area contributed by atoms with Gasteiger partial charge in [-0.3, -0.25) is 0 Å². The lowest BCUT2D eigenvalue weighted by molar-refractivity contribution is 0.559. The van der Waals surface area contributed by atoms with Crippen LogP contribution in [0, 0.1) is 0 Å². The summed E-state index contributed by atoms with van der Waals surface area (Å²) < 4.78 is 5.00. The first kappa shape index (κ1) is 10.1. The molecule has 0 aliphatic carbocycles. The highest BCUT2D eigenvalue weighted by Gasteiger charge is 2.01. The largest absolute Gasteiger partial charge is 0.472 e. The smallest absolute Gasteiger partial charge is 0.121 e. The van der Waals surface area contributed by atoms with Crippen LogP contribution in [0.2, 0.25) is 0 Å². The zero-order chi connectivity index (χ0) is 11.5. The minimum atomic E-state index is 0.722. The maximum atomic E-state index is 5.00. The van der Waals surface area contributed by atoms with E-state index in [1.807, 2.05) is 30.3 Å². The molecule has 3 rings (SSSR count). The van der Waals surface area contributed by atoms with Gasteiger partial charge in [-0.2, -0.15) is 0 Å². The lowest BCUT2D eigenvalue weighted by Crippen LogP contribution is -2.13. The van der Waals surface area contributed by atoms with Crippen molar-refractivity contribution in [1.29, 1.82) is 0 Å². The van der Waals surface area contributed by atoms with E-state index in [-0.39, 0.29) is 0 Å². The molecule has 0 aliphatic heterocycles. The first-order valence-electron chi connectivity index (χ1n) is 5.57. The predicted molar refractivity (Wildman–Crippen MR) is 65.3 cm³/mol. The Morgan fingerprint density at radius 3 is 2.94 bits per heavy atom. The number of rotatable bonds is 4. The SMILES string of the molecule is c1ccc2[nH]c(CNCc3ccoc3)nc2c1. The number of fused-ring (bicyclic) bond motifs is 1. The standard InChI is InChI=1S/C13H13N3O/c1-2-4-12-11(3-1)15-13(16-12)8-14-7-10-5-6-17-9-10/h1-6,9,14H,7-8H2,(H,15,16). The molecule has 0 unspecified atom stereocenters. The Labute approximate surface area is 98.7 Å². The van der Waals surface area contributed by atoms with Crippen LogP contribution in [-0.4, -0.2) is 9.97 Å². The van der Waals surface area contributed by atoms with Crippen LogP contribution < -0.4 is 5.32 Å². The van der Waals surface area contributed by atoms with Gasteiger partial charge < -0.3 is 14.7 Å². The van der Waals surface area contributed by atoms with E-state index in [4.69, 9.17) is 4.42 Å². The summed E-state index contributed by atoms with van der Waals surface area (Å²) in [5, 5.41) is 3.31. The van der Waals surface area contributed by atoms with Crippen LogP contribution in [0.3, 0.4) is 0 Å². The average molecular weight is 227 g/mol. The minimum Gasteiger partial charge on any atom is -0.472 e. The number of para-hydroxylation sites is 2. The van der Waals surface area contributed by atoms with Gasteiger partial charge in [-0.15, -0.1) is 0 Å². The number of nitrogens with zero attached hydrogens (tertiary/aromatic N) is 1. The lowest BCUT2D eigenvalue weighted by Gasteiger charge is -1.98. The minimum absolute atomic E-state index is 0.722. The predicted octanol–water partition coefficient (Wildman–Crippen LogP) is 2.45. The van der Waals surface area contributed by atoms with Gasteiger partial charge in [0.1, 0.15) is 5.82 Å². The lowest BCUT2D eigenvalue weighted by atomic mass is 10.3. The Kier molecular flexibility index (Phi) is 2.63. The molecule has 0 saturated heterocycles. The maximum Gasteiger partial charge on any atom is 0.121 e. The molecule has 1 aromatic carbocycles. The Morgan fingerprint density at radius 2 is 2.12 bits per heavy atom. The van der Waals surface area contributed by atoms with Gasteiger partial charge in [-0.05, 0) is 18.2 Å². The number of benzene rings is 1. The van der Waals surface area contributed by atoms with Crippen molar-refractivity contribution in [2.75, 3.05) is 0 Å². The number of aromatic amines is 1. The van der Waals surface area contributed by atoms with Gasteiger partial charge in [0.15, 0.2) is 0 Å². The van der Waals surface area contributed by atoms with Gasteiger partial charge in [0.25, 0.3) is 0 Å². The van der Waals surface area contributed by atoms with Crippen LogP contribution in [-0.2, 0) is 13.1 Å². The van der Waals surface area contributed by atoms with E-state index in [1.165, 1.54) is 0 Å². The van der Waals surface area contributed by atoms with E-state index in [2.05, 4.69) is 15.3 Å². The van der Waals surface area contributed by atoms with E-state index in [9.17, 15) is 0 Å². The summed E-state index contributed by atoms with van der Waals surface area (Å²) in [7, 11) is 0. The highest BCUT2D eigenvalue weighted by atomic mass is 16.3. The van der Waals surface area contributed by atoms with Gasteiger partial charge in [0.05, 0.1) is 30.1 Å². The van der Waals surface area contributed by atoms with Crippen LogP contribution in [0.15, 0.2) is 47.3 Å². The van der Waals surface area contributed by atoms with Crippen molar-refractivity contribution in [3.63, 3.8) is 0 Å². The van der Waals surface area contributed by atoms with E-state index >= 15 is 0 Å². The van der Waals surface area contributed by atoms with Crippen LogP contribution in [0.1, 0.15) is 11.4 Å². The first-order valence-corrected chi connectivity index (χ1v) is 5.57. The number of imidazole rings is 1. The quantitative estimate of drug-likeness (QED) is 0.719. The summed E-state index contributed by atoms with van der Waals surface area (Å²) >= 11 is 0. The second-order valence-electron chi connectivity index (χ2n) is 3.94. The molecule has 0 saturated carbocycles. The van der Waals surface area contributed by atoms with Crippen LogP contribution in [0.25, 0.3) is 11.0 Å². The van der Waals surface area contributed by atoms with Gasteiger partial charge in [0, 0.05) is 12.1 Å². The Morgan fingerprint density at radius 1 is 1.18 bits per heavy atom. The second kappa shape index (κ2) is 4.43. The molecule has 0 atom stereocenters. The summed E-state index contributed by atoms with van der Waals surface area (Å²) in [6.45, 7) is 1.51. The molecule has 2 N–H and O–H groups in total. The third-order valence-electron chi connectivity index (χ3n) is 2.64. The fourth-order valence-corrected chi connectivity index (χ4v) is 1.81. The molecule has 0 radical (unpaired) electrons. The Bertz CT molecular complexity index is 565. The average Bonchev–Trinajstić information content (AvgIpc) is 2.96. The fraction of sp³-hybridized carbons (Fsp3) is 0.154. The molecule has 3 aromatic rings. The highest BCUT2D eigenvalue weighted by molar-refractivity contribution is 5.74. The zero-order valence-electron chi connectivity index (χ0n) is 9.31. The van der Waals surface area contributed by atoms with Gasteiger partial charge >= 0.3 is 0 Å². The summed E-state index contributed by atoms with van der Waals surface area (Å²) in [6, 6.07) is 9.98. The number of furan rings is 1. The maximum absolute atomic E-state index is 5.00. The Balaban J connectivity index is 1.65. The third-order valence-corrected chi connectivity index (χ3v) is 2.64. The molecule has 2 aromatic heterocycles. The molecule has 0 amide bonds. The monoisotopic (exact) mass is 227 g/mol. The van der Waals surface area contributed by atoms with Gasteiger partial charge in [-0.1, -0.05) is 12.1 Å². The molecule has 4 nitrogen and oxygen atoms in total. The van der Waals surface area contributed by atoms with Gasteiger partial charge in [0.2, 0.25) is 0 Å². The van der Waals surface area contributed by atoms with Crippen molar-refractivity contribution >= 4 is 11.0 Å². The zero-order valence-corrected chi connectivity index (χ0v) is 9.31. The van der Waals surface area contributed by atoms with Gasteiger partial charge in [-0.25, -0.2) is 4.98 Å². The van der Waals surface area contributed by atoms with E-state index in [0.29, 0.717) is 0 Å². The van der Waals surface area contributed by atoms with Crippen molar-refractivity contribution in [3.05, 3.63) is 54.2 Å². The summed E-state index contributed by atoms with van der Waals surface area (Å²) in [6.07, 6.45) is 3.42. The topological polar surface area (TPSA) is 53.9 Å². The summed E-state index contributed by atoms with van der Waals surface area (Å²) in [5.41, 5.74) is 3.22. The number of H-pyrrole nitrogens is 1. The van der Waals surface area contributed by atoms with E-state index < -0.39 is 0 Å².